The zero-order valence-electron chi connectivity index (χ0n) is 34.9. The number of fused-ring (bicyclic) bond motifs is 12. The predicted molar refractivity (Wildman–Crippen MR) is 279 cm³/mol. The Morgan fingerprint density at radius 2 is 0.923 bits per heavy atom. The van der Waals surface area contributed by atoms with Crippen LogP contribution in [0.15, 0.2) is 223 Å². The second-order valence-corrected chi connectivity index (χ2v) is 18.9. The SMILES string of the molecule is c1ccc2c(c1)oc1c(-c3ccc(N(c4ccc5c(sc6ccccc65)c4-c4ccc(-n5c6ccccc6c6ccccc65)cc4)c4cccc5c4sc4ccccc45)cc3)cccc12. The van der Waals surface area contributed by atoms with Crippen molar-refractivity contribution in [2.24, 2.45) is 0 Å². The maximum absolute atomic E-state index is 6.53. The first-order chi connectivity index (χ1) is 32.2. The summed E-state index contributed by atoms with van der Waals surface area (Å²) in [6, 6.07) is 79.7. The summed E-state index contributed by atoms with van der Waals surface area (Å²) in [7, 11) is 0. The van der Waals surface area contributed by atoms with Crippen molar-refractivity contribution in [3.05, 3.63) is 218 Å². The Morgan fingerprint density at radius 1 is 0.369 bits per heavy atom. The van der Waals surface area contributed by atoms with Gasteiger partial charge in [0, 0.05) is 79.7 Å². The van der Waals surface area contributed by atoms with E-state index in [9.17, 15) is 0 Å². The lowest BCUT2D eigenvalue weighted by atomic mass is 9.98. The molecule has 0 saturated carbocycles. The van der Waals surface area contributed by atoms with E-state index in [2.05, 4.69) is 222 Å². The average molecular weight is 865 g/mol. The minimum atomic E-state index is 0.904. The van der Waals surface area contributed by atoms with Crippen LogP contribution in [0, 0.1) is 0 Å². The Morgan fingerprint density at radius 3 is 1.65 bits per heavy atom. The largest absolute Gasteiger partial charge is 0.455 e. The summed E-state index contributed by atoms with van der Waals surface area (Å²) in [6.07, 6.45) is 0. The predicted octanol–water partition coefficient (Wildman–Crippen LogP) is 18.2. The fourth-order valence-electron chi connectivity index (χ4n) is 10.3. The third-order valence-corrected chi connectivity index (χ3v) is 15.6. The van der Waals surface area contributed by atoms with Crippen molar-refractivity contribution < 1.29 is 4.42 Å². The normalized spacial score (nSPS) is 12.0. The van der Waals surface area contributed by atoms with Crippen LogP contribution in [0.3, 0.4) is 0 Å². The molecule has 0 N–H and O–H groups in total. The summed E-state index contributed by atoms with van der Waals surface area (Å²) >= 11 is 3.75. The molecule has 4 heterocycles. The smallest absolute Gasteiger partial charge is 0.143 e. The molecule has 0 atom stereocenters. The molecule has 0 spiro atoms. The Bertz CT molecular complexity index is 4130. The lowest BCUT2D eigenvalue weighted by Gasteiger charge is -2.29. The molecule has 304 valence electrons. The van der Waals surface area contributed by atoms with Crippen LogP contribution in [0.4, 0.5) is 17.1 Å². The first-order valence-corrected chi connectivity index (χ1v) is 23.6. The van der Waals surface area contributed by atoms with Crippen LogP contribution in [-0.2, 0) is 0 Å². The zero-order chi connectivity index (χ0) is 42.6. The third-order valence-electron chi connectivity index (χ3n) is 13.2. The van der Waals surface area contributed by atoms with Gasteiger partial charge in [-0.1, -0.05) is 152 Å². The Balaban J connectivity index is 1.01. The summed E-state index contributed by atoms with van der Waals surface area (Å²) in [4.78, 5) is 2.50. The van der Waals surface area contributed by atoms with Gasteiger partial charge in [0.15, 0.2) is 0 Å². The van der Waals surface area contributed by atoms with Crippen LogP contribution in [-0.4, -0.2) is 4.57 Å². The molecule has 0 radical (unpaired) electrons. The van der Waals surface area contributed by atoms with Crippen LogP contribution in [0.25, 0.3) is 112 Å². The van der Waals surface area contributed by atoms with Crippen molar-refractivity contribution in [2.45, 2.75) is 0 Å². The average Bonchev–Trinajstić information content (AvgIpc) is 4.14. The van der Waals surface area contributed by atoms with Crippen LogP contribution in [0.5, 0.6) is 0 Å². The van der Waals surface area contributed by atoms with E-state index in [4.69, 9.17) is 4.42 Å². The molecule has 0 amide bonds. The number of benzene rings is 10. The van der Waals surface area contributed by atoms with E-state index in [1.54, 1.807) is 0 Å². The number of furan rings is 1. The first-order valence-electron chi connectivity index (χ1n) is 22.0. The Hall–Kier alpha value is -7.96. The minimum absolute atomic E-state index is 0.904. The van der Waals surface area contributed by atoms with Gasteiger partial charge >= 0.3 is 0 Å². The summed E-state index contributed by atoms with van der Waals surface area (Å²) in [5.41, 5.74) is 13.3. The highest BCUT2D eigenvalue weighted by Crippen LogP contribution is 2.51. The lowest BCUT2D eigenvalue weighted by Crippen LogP contribution is -2.11. The van der Waals surface area contributed by atoms with Crippen molar-refractivity contribution >= 4 is 124 Å². The third kappa shape index (κ3) is 5.53. The van der Waals surface area contributed by atoms with E-state index >= 15 is 0 Å². The molecule has 0 bridgehead atoms. The standard InChI is InChI=1S/C60H36N2OS2/c1-6-21-50-42(13-1)43-14-2-7-22-51(43)61(50)39-33-29-38(30-34-39)57-52(36-35-49-46-17-5-10-26-56(46)65-60(49)57)62(53-23-12-20-48-45-16-4-9-25-55(45)64-59(48)53)40-31-27-37(28-32-40)41-18-11-19-47-44-15-3-8-24-54(44)63-58(41)47/h1-36H. The fourth-order valence-corrected chi connectivity index (χ4v) is 12.8. The topological polar surface area (TPSA) is 21.3 Å². The number of hydrogen-bond acceptors (Lipinski definition) is 4. The van der Waals surface area contributed by atoms with E-state index in [0.717, 1.165) is 55.8 Å². The summed E-state index contributed by atoms with van der Waals surface area (Å²) in [5, 5.41) is 9.88. The summed E-state index contributed by atoms with van der Waals surface area (Å²) < 4.78 is 14.0. The number of thiophene rings is 2. The van der Waals surface area contributed by atoms with Gasteiger partial charge in [-0.25, -0.2) is 0 Å². The van der Waals surface area contributed by atoms with Crippen molar-refractivity contribution in [2.75, 3.05) is 4.90 Å². The minimum Gasteiger partial charge on any atom is -0.455 e. The van der Waals surface area contributed by atoms with Crippen molar-refractivity contribution in [3.8, 4) is 27.9 Å². The van der Waals surface area contributed by atoms with Gasteiger partial charge < -0.3 is 13.9 Å². The molecule has 0 saturated heterocycles. The van der Waals surface area contributed by atoms with Gasteiger partial charge in [-0.3, -0.25) is 0 Å². The molecule has 0 fully saturated rings. The van der Waals surface area contributed by atoms with E-state index in [1.165, 1.54) is 73.3 Å². The molecule has 0 unspecified atom stereocenters. The monoisotopic (exact) mass is 864 g/mol. The first kappa shape index (κ1) is 36.5. The highest BCUT2D eigenvalue weighted by Gasteiger charge is 2.25. The maximum atomic E-state index is 6.53. The molecular weight excluding hydrogens is 829 g/mol. The number of rotatable bonds is 6. The number of hydrogen-bond donors (Lipinski definition) is 0. The van der Waals surface area contributed by atoms with Crippen LogP contribution < -0.4 is 4.90 Å². The zero-order valence-corrected chi connectivity index (χ0v) is 36.5. The number of anilines is 3. The molecule has 5 heteroatoms. The van der Waals surface area contributed by atoms with E-state index < -0.39 is 0 Å². The fraction of sp³-hybridized carbons (Fsp3) is 0. The quantitative estimate of drug-likeness (QED) is 0.166. The molecule has 0 aliphatic heterocycles. The Kier molecular flexibility index (Phi) is 8.02. The van der Waals surface area contributed by atoms with E-state index in [1.807, 2.05) is 28.7 Å². The summed E-state index contributed by atoms with van der Waals surface area (Å²) in [6.45, 7) is 0. The van der Waals surface area contributed by atoms with Gasteiger partial charge in [0.2, 0.25) is 0 Å². The Labute approximate surface area is 381 Å². The van der Waals surface area contributed by atoms with Crippen LogP contribution >= 0.6 is 22.7 Å². The molecule has 14 aromatic rings. The second-order valence-electron chi connectivity index (χ2n) is 16.8. The molecule has 0 aliphatic rings. The molecular formula is C60H36N2OS2. The molecule has 14 rings (SSSR count). The van der Waals surface area contributed by atoms with Crippen molar-refractivity contribution in [3.63, 3.8) is 0 Å². The molecule has 3 nitrogen and oxygen atoms in total. The van der Waals surface area contributed by atoms with Crippen molar-refractivity contribution in [1.82, 2.24) is 4.57 Å². The lowest BCUT2D eigenvalue weighted by molar-refractivity contribution is 0.670. The maximum Gasteiger partial charge on any atom is 0.143 e. The molecule has 0 aliphatic carbocycles. The second kappa shape index (κ2) is 14.3. The highest BCUT2D eigenvalue weighted by atomic mass is 32.1. The highest BCUT2D eigenvalue weighted by molar-refractivity contribution is 7.27. The van der Waals surface area contributed by atoms with Gasteiger partial charge in [0.1, 0.15) is 11.2 Å². The van der Waals surface area contributed by atoms with Gasteiger partial charge in [-0.15, -0.1) is 22.7 Å². The van der Waals surface area contributed by atoms with Crippen molar-refractivity contribution in [1.29, 1.82) is 0 Å². The number of para-hydroxylation sites is 4. The van der Waals surface area contributed by atoms with Crippen LogP contribution in [0.1, 0.15) is 0 Å². The molecule has 65 heavy (non-hydrogen) atoms. The van der Waals surface area contributed by atoms with Gasteiger partial charge in [-0.2, -0.15) is 0 Å². The van der Waals surface area contributed by atoms with E-state index in [-0.39, 0.29) is 0 Å². The van der Waals surface area contributed by atoms with Gasteiger partial charge in [0.25, 0.3) is 0 Å². The summed E-state index contributed by atoms with van der Waals surface area (Å²) in [5.74, 6) is 0. The molecule has 10 aromatic carbocycles. The van der Waals surface area contributed by atoms with Gasteiger partial charge in [0.05, 0.1) is 27.1 Å². The number of nitrogens with zero attached hydrogens (tertiary/aromatic N) is 2. The van der Waals surface area contributed by atoms with E-state index in [0.29, 0.717) is 0 Å². The van der Waals surface area contributed by atoms with Gasteiger partial charge in [-0.05, 0) is 77.9 Å². The number of aromatic nitrogens is 1. The van der Waals surface area contributed by atoms with Crippen LogP contribution in [0.2, 0.25) is 0 Å². The molecule has 4 aromatic heterocycles.